The second-order valence-corrected chi connectivity index (χ2v) is 5.93. The Morgan fingerprint density at radius 2 is 1.61 bits per heavy atom. The number of hydrogen-bond donors (Lipinski definition) is 1. The van der Waals surface area contributed by atoms with Crippen LogP contribution >= 0.6 is 0 Å². The van der Waals surface area contributed by atoms with Crippen LogP contribution in [0.5, 0.6) is 0 Å². The maximum Gasteiger partial charge on any atom is 0.303 e. The van der Waals surface area contributed by atoms with E-state index in [1.54, 1.807) is 0 Å². The number of carboxylic acids is 1. The topological polar surface area (TPSA) is 63.1 Å². The summed E-state index contributed by atoms with van der Waals surface area (Å²) < 4.78 is 0. The number of aromatic nitrogens is 2. The number of rotatable bonds is 9. The summed E-state index contributed by atoms with van der Waals surface area (Å²) in [5.74, 6) is -0.695. The highest BCUT2D eigenvalue weighted by atomic mass is 16.4. The van der Waals surface area contributed by atoms with Gasteiger partial charge >= 0.3 is 5.97 Å². The lowest BCUT2D eigenvalue weighted by Crippen LogP contribution is -1.94. The summed E-state index contributed by atoms with van der Waals surface area (Å²) in [4.78, 5) is 19.2. The largest absolute Gasteiger partial charge is 0.481 e. The van der Waals surface area contributed by atoms with Crippen molar-refractivity contribution in [2.75, 3.05) is 0 Å². The minimum atomic E-state index is -0.695. The first-order chi connectivity index (χ1) is 11.1. The number of carbonyl (C=O) groups is 1. The fourth-order valence-corrected chi connectivity index (χ4v) is 2.58. The van der Waals surface area contributed by atoms with Crippen LogP contribution < -0.4 is 0 Å². The second-order valence-electron chi connectivity index (χ2n) is 5.93. The summed E-state index contributed by atoms with van der Waals surface area (Å²) >= 11 is 0. The van der Waals surface area contributed by atoms with Gasteiger partial charge in [0, 0.05) is 18.8 Å². The van der Waals surface area contributed by atoms with Crippen LogP contribution in [0, 0.1) is 6.92 Å². The molecular formula is C19H24N2O2. The second kappa shape index (κ2) is 9.03. The van der Waals surface area contributed by atoms with Gasteiger partial charge in [0.25, 0.3) is 0 Å². The molecule has 122 valence electrons. The van der Waals surface area contributed by atoms with Crippen molar-refractivity contribution in [1.29, 1.82) is 0 Å². The fourth-order valence-electron chi connectivity index (χ4n) is 2.58. The predicted octanol–water partition coefficient (Wildman–Crippen LogP) is 4.42. The number of nitrogens with zero attached hydrogens (tertiary/aromatic N) is 2. The van der Waals surface area contributed by atoms with Crippen molar-refractivity contribution in [2.45, 2.75) is 51.9 Å². The van der Waals surface area contributed by atoms with Crippen LogP contribution in [0.4, 0.5) is 0 Å². The van der Waals surface area contributed by atoms with Crippen molar-refractivity contribution in [1.82, 2.24) is 9.97 Å². The molecule has 0 atom stereocenters. The van der Waals surface area contributed by atoms with Gasteiger partial charge in [-0.3, -0.25) is 14.8 Å². The number of aryl methyl sites for hydroxylation is 2. The number of carboxylic acid groups (broad SMARTS) is 1. The first kappa shape index (κ1) is 17.1. The molecule has 2 aromatic rings. The van der Waals surface area contributed by atoms with Gasteiger partial charge in [-0.15, -0.1) is 0 Å². The van der Waals surface area contributed by atoms with Gasteiger partial charge in [0.05, 0.1) is 11.4 Å². The molecule has 0 fully saturated rings. The number of aliphatic carboxylic acids is 1. The Hall–Kier alpha value is -2.23. The summed E-state index contributed by atoms with van der Waals surface area (Å²) in [6.45, 7) is 2.05. The van der Waals surface area contributed by atoms with Crippen molar-refractivity contribution in [3.8, 4) is 11.4 Å². The maximum absolute atomic E-state index is 10.4. The summed E-state index contributed by atoms with van der Waals surface area (Å²) in [5, 5.41) is 8.59. The molecule has 2 aromatic heterocycles. The number of unbranched alkanes of at least 4 members (excludes halogenated alkanes) is 4. The first-order valence-corrected chi connectivity index (χ1v) is 8.25. The van der Waals surface area contributed by atoms with Crippen LogP contribution in [-0.4, -0.2) is 21.0 Å². The Morgan fingerprint density at radius 1 is 0.957 bits per heavy atom. The molecule has 4 nitrogen and oxygen atoms in total. The van der Waals surface area contributed by atoms with Crippen LogP contribution in [0.15, 0.2) is 36.7 Å². The molecule has 0 bridgehead atoms. The standard InChI is InChI=1S/C19H24N2O2/c1-15-9-11-20-17(13-15)18-14-16(10-12-21-18)7-5-3-2-4-6-8-19(22)23/h9-14H,2-8H2,1H3,(H,22,23). The number of hydrogen-bond acceptors (Lipinski definition) is 3. The summed E-state index contributed by atoms with van der Waals surface area (Å²) in [7, 11) is 0. The molecule has 1 N–H and O–H groups in total. The molecule has 0 aliphatic heterocycles. The minimum Gasteiger partial charge on any atom is -0.481 e. The monoisotopic (exact) mass is 312 g/mol. The van der Waals surface area contributed by atoms with Crippen LogP contribution in [-0.2, 0) is 11.2 Å². The van der Waals surface area contributed by atoms with E-state index in [1.165, 1.54) is 11.1 Å². The van der Waals surface area contributed by atoms with Gasteiger partial charge in [-0.05, 0) is 61.6 Å². The van der Waals surface area contributed by atoms with E-state index < -0.39 is 5.97 Å². The molecule has 2 heterocycles. The van der Waals surface area contributed by atoms with Gasteiger partial charge in [-0.1, -0.05) is 19.3 Å². The zero-order valence-electron chi connectivity index (χ0n) is 13.7. The average Bonchev–Trinajstić information content (AvgIpc) is 2.54. The summed E-state index contributed by atoms with van der Waals surface area (Å²) in [6.07, 6.45) is 10.1. The zero-order valence-corrected chi connectivity index (χ0v) is 13.7. The first-order valence-electron chi connectivity index (χ1n) is 8.25. The van der Waals surface area contributed by atoms with Crippen LogP contribution in [0.1, 0.15) is 49.7 Å². The molecular weight excluding hydrogens is 288 g/mol. The van der Waals surface area contributed by atoms with Crippen molar-refractivity contribution in [2.24, 2.45) is 0 Å². The fraction of sp³-hybridized carbons (Fsp3) is 0.421. The lowest BCUT2D eigenvalue weighted by atomic mass is 10.0. The third-order valence-corrected chi connectivity index (χ3v) is 3.86. The van der Waals surface area contributed by atoms with Crippen LogP contribution in [0.3, 0.4) is 0 Å². The third-order valence-electron chi connectivity index (χ3n) is 3.86. The van der Waals surface area contributed by atoms with Gasteiger partial charge < -0.3 is 5.11 Å². The highest BCUT2D eigenvalue weighted by Gasteiger charge is 2.03. The normalized spacial score (nSPS) is 10.7. The lowest BCUT2D eigenvalue weighted by molar-refractivity contribution is -0.137. The smallest absolute Gasteiger partial charge is 0.303 e. The molecule has 0 unspecified atom stereocenters. The molecule has 0 saturated carbocycles. The average molecular weight is 312 g/mol. The van der Waals surface area contributed by atoms with E-state index in [2.05, 4.69) is 35.1 Å². The van der Waals surface area contributed by atoms with E-state index in [0.29, 0.717) is 0 Å². The molecule has 0 saturated heterocycles. The van der Waals surface area contributed by atoms with Gasteiger partial charge in [-0.25, -0.2) is 0 Å². The predicted molar refractivity (Wildman–Crippen MR) is 91.2 cm³/mol. The SMILES string of the molecule is Cc1ccnc(-c2cc(CCCCCCCC(=O)O)ccn2)c1. The molecule has 4 heteroatoms. The van der Waals surface area contributed by atoms with Gasteiger partial charge in [-0.2, -0.15) is 0 Å². The van der Waals surface area contributed by atoms with Crippen LogP contribution in [0.25, 0.3) is 11.4 Å². The zero-order chi connectivity index (χ0) is 16.5. The van der Waals surface area contributed by atoms with Crippen molar-refractivity contribution >= 4 is 5.97 Å². The molecule has 2 rings (SSSR count). The highest BCUT2D eigenvalue weighted by Crippen LogP contribution is 2.18. The van der Waals surface area contributed by atoms with E-state index in [1.807, 2.05) is 18.5 Å². The molecule has 0 aliphatic rings. The van der Waals surface area contributed by atoms with E-state index in [-0.39, 0.29) is 6.42 Å². The Kier molecular flexibility index (Phi) is 6.73. The molecule has 0 aliphatic carbocycles. The molecule has 23 heavy (non-hydrogen) atoms. The summed E-state index contributed by atoms with van der Waals surface area (Å²) in [6, 6.07) is 8.21. The van der Waals surface area contributed by atoms with Gasteiger partial charge in [0.15, 0.2) is 0 Å². The van der Waals surface area contributed by atoms with Crippen molar-refractivity contribution < 1.29 is 9.90 Å². The molecule has 0 amide bonds. The third kappa shape index (κ3) is 6.19. The number of pyridine rings is 2. The lowest BCUT2D eigenvalue weighted by Gasteiger charge is -2.05. The Morgan fingerprint density at radius 3 is 2.35 bits per heavy atom. The molecule has 0 spiro atoms. The highest BCUT2D eigenvalue weighted by molar-refractivity contribution is 5.66. The molecule has 0 aromatic carbocycles. The Balaban J connectivity index is 1.78. The van der Waals surface area contributed by atoms with Crippen molar-refractivity contribution in [3.05, 3.63) is 47.8 Å². The Bertz CT molecular complexity index is 641. The quantitative estimate of drug-likeness (QED) is 0.696. The van der Waals surface area contributed by atoms with E-state index in [0.717, 1.165) is 49.9 Å². The van der Waals surface area contributed by atoms with Gasteiger partial charge in [0.1, 0.15) is 0 Å². The van der Waals surface area contributed by atoms with E-state index in [9.17, 15) is 4.79 Å². The minimum absolute atomic E-state index is 0.289. The Labute approximate surface area is 137 Å². The van der Waals surface area contributed by atoms with Gasteiger partial charge in [0.2, 0.25) is 0 Å². The molecule has 0 radical (unpaired) electrons. The van der Waals surface area contributed by atoms with E-state index in [4.69, 9.17) is 5.11 Å². The maximum atomic E-state index is 10.4. The van der Waals surface area contributed by atoms with Crippen LogP contribution in [0.2, 0.25) is 0 Å². The van der Waals surface area contributed by atoms with E-state index >= 15 is 0 Å². The summed E-state index contributed by atoms with van der Waals surface area (Å²) in [5.41, 5.74) is 4.31. The van der Waals surface area contributed by atoms with Crippen molar-refractivity contribution in [3.63, 3.8) is 0 Å².